The number of hydrogen-bond acceptors (Lipinski definition) is 4. The summed E-state index contributed by atoms with van der Waals surface area (Å²) in [6.07, 6.45) is 12.3. The van der Waals surface area contributed by atoms with E-state index in [4.69, 9.17) is 4.74 Å². The fourth-order valence-corrected chi connectivity index (χ4v) is 7.30. The third-order valence-corrected chi connectivity index (χ3v) is 9.25. The highest BCUT2D eigenvalue weighted by Gasteiger charge is 2.83. The lowest BCUT2D eigenvalue weighted by atomic mass is 9.48. The zero-order valence-corrected chi connectivity index (χ0v) is 22.9. The van der Waals surface area contributed by atoms with Crippen LogP contribution in [-0.4, -0.2) is 32.8 Å². The molecule has 0 aromatic heterocycles. The summed E-state index contributed by atoms with van der Waals surface area (Å²) in [4.78, 5) is 14.5. The molecule has 4 heteroatoms. The summed E-state index contributed by atoms with van der Waals surface area (Å²) >= 11 is 0. The van der Waals surface area contributed by atoms with E-state index in [9.17, 15) is 15.0 Å². The maximum absolute atomic E-state index is 14.5. The predicted octanol–water partition coefficient (Wildman–Crippen LogP) is 6.51. The highest BCUT2D eigenvalue weighted by Crippen LogP contribution is 2.72. The second kappa shape index (κ2) is 8.59. The lowest BCUT2D eigenvalue weighted by Crippen LogP contribution is -2.71. The molecule has 4 aliphatic rings. The van der Waals surface area contributed by atoms with E-state index >= 15 is 0 Å². The first kappa shape index (κ1) is 26.2. The van der Waals surface area contributed by atoms with Crippen molar-refractivity contribution in [3.05, 3.63) is 57.9 Å². The minimum Gasteiger partial charge on any atom is -0.488 e. The highest BCUT2D eigenvalue weighted by atomic mass is 16.5. The predicted molar refractivity (Wildman–Crippen MR) is 141 cm³/mol. The maximum Gasteiger partial charge on any atom is 0.172 e. The molecule has 4 nitrogen and oxygen atoms in total. The van der Waals surface area contributed by atoms with Crippen LogP contribution in [0.2, 0.25) is 0 Å². The van der Waals surface area contributed by atoms with Gasteiger partial charge in [-0.2, -0.15) is 0 Å². The summed E-state index contributed by atoms with van der Waals surface area (Å²) in [5.41, 5.74) is 0.309. The summed E-state index contributed by atoms with van der Waals surface area (Å²) in [5.74, 6) is -0.275. The molecule has 5 atom stereocenters. The Morgan fingerprint density at radius 1 is 1.09 bits per heavy atom. The van der Waals surface area contributed by atoms with Gasteiger partial charge in [0.1, 0.15) is 17.0 Å². The second-order valence-electron chi connectivity index (χ2n) is 12.5. The van der Waals surface area contributed by atoms with Crippen LogP contribution in [0.15, 0.2) is 57.9 Å². The van der Waals surface area contributed by atoms with Crippen LogP contribution < -0.4 is 0 Å². The summed E-state index contributed by atoms with van der Waals surface area (Å²) in [5, 5.41) is 25.3. The number of carbonyl (C=O) groups is 1. The van der Waals surface area contributed by atoms with Crippen LogP contribution >= 0.6 is 0 Å². The molecule has 5 unspecified atom stereocenters. The molecule has 4 rings (SSSR count). The topological polar surface area (TPSA) is 66.8 Å². The van der Waals surface area contributed by atoms with E-state index in [0.717, 1.165) is 24.0 Å². The van der Waals surface area contributed by atoms with Crippen molar-refractivity contribution in [1.29, 1.82) is 0 Å². The first-order chi connectivity index (χ1) is 16.2. The minimum atomic E-state index is -1.59. The minimum absolute atomic E-state index is 0.0578. The fourth-order valence-electron chi connectivity index (χ4n) is 7.30. The summed E-state index contributed by atoms with van der Waals surface area (Å²) in [7, 11) is 0. The Balaban J connectivity index is 1.88. The smallest absolute Gasteiger partial charge is 0.172 e. The zero-order chi connectivity index (χ0) is 26.0. The molecule has 1 aliphatic heterocycles. The monoisotopic (exact) mass is 480 g/mol. The van der Waals surface area contributed by atoms with Crippen molar-refractivity contribution in [2.24, 2.45) is 17.3 Å². The van der Waals surface area contributed by atoms with E-state index in [1.54, 1.807) is 0 Å². The number of rotatable bonds is 7. The highest BCUT2D eigenvalue weighted by molar-refractivity contribution is 6.04. The first-order valence-corrected chi connectivity index (χ1v) is 13.2. The molecule has 0 aromatic carbocycles. The van der Waals surface area contributed by atoms with E-state index in [0.29, 0.717) is 37.0 Å². The van der Waals surface area contributed by atoms with Crippen molar-refractivity contribution in [3.8, 4) is 0 Å². The zero-order valence-electron chi connectivity index (χ0n) is 22.9. The molecule has 192 valence electrons. The number of allylic oxidation sites excluding steroid dienone is 8. The molecule has 1 saturated carbocycles. The maximum atomic E-state index is 14.5. The molecule has 35 heavy (non-hydrogen) atoms. The number of carbonyl (C=O) groups excluding carboxylic acids is 1. The van der Waals surface area contributed by atoms with Gasteiger partial charge in [0.25, 0.3) is 0 Å². The Morgan fingerprint density at radius 2 is 1.74 bits per heavy atom. The molecule has 0 radical (unpaired) electrons. The lowest BCUT2D eigenvalue weighted by Gasteiger charge is -2.57. The average Bonchev–Trinajstić information content (AvgIpc) is 3.13. The van der Waals surface area contributed by atoms with Crippen LogP contribution in [0.5, 0.6) is 0 Å². The summed E-state index contributed by atoms with van der Waals surface area (Å²) in [6, 6.07) is 0. The van der Waals surface area contributed by atoms with Crippen LogP contribution in [0.4, 0.5) is 0 Å². The number of hydrogen-bond donors (Lipinski definition) is 2. The van der Waals surface area contributed by atoms with Crippen molar-refractivity contribution in [1.82, 2.24) is 0 Å². The second-order valence-corrected chi connectivity index (χ2v) is 12.5. The van der Waals surface area contributed by atoms with Crippen LogP contribution in [0.25, 0.3) is 0 Å². The number of ketones is 1. The molecule has 0 aromatic rings. The quantitative estimate of drug-likeness (QED) is 0.408. The van der Waals surface area contributed by atoms with Gasteiger partial charge in [-0.25, -0.2) is 0 Å². The fraction of sp³-hybridized carbons (Fsp3) is 0.645. The van der Waals surface area contributed by atoms with Crippen LogP contribution in [0, 0.1) is 17.3 Å². The van der Waals surface area contributed by atoms with Crippen LogP contribution in [0.1, 0.15) is 93.9 Å². The number of aliphatic hydroxyl groups is 2. The van der Waals surface area contributed by atoms with Gasteiger partial charge in [0.15, 0.2) is 11.4 Å². The third kappa shape index (κ3) is 3.58. The molecular weight excluding hydrogens is 436 g/mol. The lowest BCUT2D eigenvalue weighted by molar-refractivity contribution is -0.214. The summed E-state index contributed by atoms with van der Waals surface area (Å²) < 4.78 is 6.39. The summed E-state index contributed by atoms with van der Waals surface area (Å²) in [6.45, 7) is 16.3. The first-order valence-electron chi connectivity index (χ1n) is 13.2. The largest absolute Gasteiger partial charge is 0.488 e. The van der Waals surface area contributed by atoms with Crippen molar-refractivity contribution in [3.63, 3.8) is 0 Å². The molecule has 2 fully saturated rings. The molecule has 0 bridgehead atoms. The van der Waals surface area contributed by atoms with Crippen LogP contribution in [0.3, 0.4) is 0 Å². The molecule has 2 N–H and O–H groups in total. The third-order valence-electron chi connectivity index (χ3n) is 9.25. The van der Waals surface area contributed by atoms with Crippen molar-refractivity contribution in [2.45, 2.75) is 111 Å². The van der Waals surface area contributed by atoms with Gasteiger partial charge in [-0.1, -0.05) is 46.6 Å². The van der Waals surface area contributed by atoms with Crippen molar-refractivity contribution >= 4 is 5.78 Å². The van der Waals surface area contributed by atoms with Gasteiger partial charge in [0.05, 0.1) is 5.41 Å². The Bertz CT molecular complexity index is 1080. The molecular formula is C31H44O4. The van der Waals surface area contributed by atoms with E-state index < -0.39 is 22.2 Å². The Kier molecular flexibility index (Phi) is 6.42. The Labute approximate surface area is 211 Å². The van der Waals surface area contributed by atoms with Crippen LogP contribution in [-0.2, 0) is 9.53 Å². The number of Topliss-reactive ketones (excluding diaryl/α,β-unsaturated/α-hetero) is 1. The molecule has 3 aliphatic carbocycles. The van der Waals surface area contributed by atoms with E-state index in [2.05, 4.69) is 39.0 Å². The van der Waals surface area contributed by atoms with E-state index in [1.165, 1.54) is 11.1 Å². The SMILES string of the molecule is CC(C)=CCCC(C)=CCC12CC=C(C)C3CC4C(C)(C)OC(=C(CC=C(C)C)C1=O)C4(O)C32O. The molecule has 1 heterocycles. The van der Waals surface area contributed by atoms with Gasteiger partial charge in [0, 0.05) is 17.4 Å². The number of ether oxygens (including phenoxy) is 1. The average molecular weight is 481 g/mol. The van der Waals surface area contributed by atoms with E-state index in [1.807, 2.05) is 40.7 Å². The van der Waals surface area contributed by atoms with Gasteiger partial charge in [-0.15, -0.1) is 0 Å². The van der Waals surface area contributed by atoms with Crippen molar-refractivity contribution in [2.75, 3.05) is 0 Å². The Morgan fingerprint density at radius 3 is 2.37 bits per heavy atom. The standard InChI is InChI=1S/C31H44O4/c1-19(2)10-9-11-21(5)14-16-29-17-15-22(6)24-18-25-28(7,8)35-27(30(25,33)31(24,29)34)23(26(29)32)13-12-20(3)4/h10,12,14-15,24-25,33-34H,9,11,13,16-18H2,1-8H3. The van der Waals surface area contributed by atoms with Crippen molar-refractivity contribution < 1.29 is 19.7 Å². The normalized spacial score (nSPS) is 37.0. The van der Waals surface area contributed by atoms with Gasteiger partial charge in [-0.05, 0) is 93.9 Å². The van der Waals surface area contributed by atoms with Gasteiger partial charge in [0.2, 0.25) is 0 Å². The Hall–Kier alpha value is -1.91. The van der Waals surface area contributed by atoms with Gasteiger partial charge in [-0.3, -0.25) is 4.79 Å². The van der Waals surface area contributed by atoms with Gasteiger partial charge < -0.3 is 14.9 Å². The molecule has 0 amide bonds. The molecule has 1 saturated heterocycles. The van der Waals surface area contributed by atoms with E-state index in [-0.39, 0.29) is 17.6 Å². The molecule has 0 spiro atoms. The van der Waals surface area contributed by atoms with Gasteiger partial charge >= 0.3 is 0 Å².